The van der Waals surface area contributed by atoms with Crippen LogP contribution in [-0.2, 0) is 11.3 Å². The third kappa shape index (κ3) is 3.42. The SMILES string of the molecule is N#C/C(=C\c1ccc2oc(=O)[nH]c2c1)C(=O)NCc1ccccc1. The van der Waals surface area contributed by atoms with E-state index in [1.807, 2.05) is 36.4 Å². The summed E-state index contributed by atoms with van der Waals surface area (Å²) >= 11 is 0. The summed E-state index contributed by atoms with van der Waals surface area (Å²) in [5, 5.41) is 11.9. The van der Waals surface area contributed by atoms with E-state index in [2.05, 4.69) is 10.3 Å². The minimum absolute atomic E-state index is 0.0175. The Bertz CT molecular complexity index is 1010. The molecule has 118 valence electrons. The molecular weight excluding hydrogens is 306 g/mol. The Morgan fingerprint density at radius 2 is 2.04 bits per heavy atom. The molecule has 0 fully saturated rings. The third-order valence-electron chi connectivity index (χ3n) is 3.41. The van der Waals surface area contributed by atoms with Gasteiger partial charge in [0.25, 0.3) is 5.91 Å². The van der Waals surface area contributed by atoms with E-state index in [1.54, 1.807) is 18.2 Å². The number of rotatable bonds is 4. The first-order valence-corrected chi connectivity index (χ1v) is 7.22. The number of nitriles is 1. The number of aromatic nitrogens is 1. The molecule has 0 aliphatic heterocycles. The number of amides is 1. The monoisotopic (exact) mass is 319 g/mol. The van der Waals surface area contributed by atoms with Gasteiger partial charge in [0.2, 0.25) is 0 Å². The molecule has 0 saturated carbocycles. The number of aromatic amines is 1. The van der Waals surface area contributed by atoms with Gasteiger partial charge in [-0.3, -0.25) is 9.78 Å². The fourth-order valence-electron chi connectivity index (χ4n) is 2.25. The highest BCUT2D eigenvalue weighted by molar-refractivity contribution is 6.01. The number of oxazole rings is 1. The summed E-state index contributed by atoms with van der Waals surface area (Å²) in [7, 11) is 0. The highest BCUT2D eigenvalue weighted by Gasteiger charge is 2.09. The summed E-state index contributed by atoms with van der Waals surface area (Å²) in [5.41, 5.74) is 2.47. The molecule has 1 aromatic heterocycles. The van der Waals surface area contributed by atoms with Crippen molar-refractivity contribution in [1.29, 1.82) is 5.26 Å². The van der Waals surface area contributed by atoms with Crippen LogP contribution in [0.1, 0.15) is 11.1 Å². The molecule has 0 bridgehead atoms. The van der Waals surface area contributed by atoms with Gasteiger partial charge in [-0.25, -0.2) is 4.79 Å². The predicted octanol–water partition coefficient (Wildman–Crippen LogP) is 2.34. The average Bonchev–Trinajstić information content (AvgIpc) is 2.97. The van der Waals surface area contributed by atoms with E-state index in [1.165, 1.54) is 6.08 Å². The highest BCUT2D eigenvalue weighted by Crippen LogP contribution is 2.15. The van der Waals surface area contributed by atoms with Crippen molar-refractivity contribution in [2.45, 2.75) is 6.54 Å². The molecule has 2 aromatic carbocycles. The molecule has 0 atom stereocenters. The van der Waals surface area contributed by atoms with Crippen molar-refractivity contribution >= 4 is 23.1 Å². The van der Waals surface area contributed by atoms with E-state index < -0.39 is 11.7 Å². The second-order valence-corrected chi connectivity index (χ2v) is 5.11. The molecule has 1 heterocycles. The average molecular weight is 319 g/mol. The van der Waals surface area contributed by atoms with Crippen molar-refractivity contribution in [3.8, 4) is 6.07 Å². The van der Waals surface area contributed by atoms with Crippen LogP contribution < -0.4 is 11.1 Å². The molecule has 0 aliphatic carbocycles. The first-order chi connectivity index (χ1) is 11.7. The number of nitrogens with one attached hydrogen (secondary N) is 2. The zero-order valence-corrected chi connectivity index (χ0v) is 12.6. The second-order valence-electron chi connectivity index (χ2n) is 5.11. The third-order valence-corrected chi connectivity index (χ3v) is 3.41. The van der Waals surface area contributed by atoms with Crippen LogP contribution in [-0.4, -0.2) is 10.9 Å². The van der Waals surface area contributed by atoms with E-state index in [0.717, 1.165) is 5.56 Å². The number of hydrogen-bond acceptors (Lipinski definition) is 4. The Kier molecular flexibility index (Phi) is 4.25. The Balaban J connectivity index is 1.78. The lowest BCUT2D eigenvalue weighted by Gasteiger charge is -2.04. The fourth-order valence-corrected chi connectivity index (χ4v) is 2.25. The molecule has 0 saturated heterocycles. The van der Waals surface area contributed by atoms with E-state index in [-0.39, 0.29) is 5.57 Å². The number of benzene rings is 2. The Morgan fingerprint density at radius 1 is 1.25 bits per heavy atom. The van der Waals surface area contributed by atoms with Crippen LogP contribution in [0.4, 0.5) is 0 Å². The van der Waals surface area contributed by atoms with Gasteiger partial charge in [-0.05, 0) is 29.3 Å². The molecular formula is C18H13N3O3. The maximum atomic E-state index is 12.1. The van der Waals surface area contributed by atoms with Crippen LogP contribution in [0.5, 0.6) is 0 Å². The second kappa shape index (κ2) is 6.67. The van der Waals surface area contributed by atoms with Crippen LogP contribution in [0.3, 0.4) is 0 Å². The number of H-pyrrole nitrogens is 1. The quantitative estimate of drug-likeness (QED) is 0.569. The van der Waals surface area contributed by atoms with E-state index in [0.29, 0.717) is 23.2 Å². The molecule has 1 amide bonds. The molecule has 0 unspecified atom stereocenters. The molecule has 3 aromatic rings. The lowest BCUT2D eigenvalue weighted by atomic mass is 10.1. The van der Waals surface area contributed by atoms with Crippen LogP contribution in [0, 0.1) is 11.3 Å². The van der Waals surface area contributed by atoms with Crippen molar-refractivity contribution in [2.75, 3.05) is 0 Å². The van der Waals surface area contributed by atoms with Crippen molar-refractivity contribution in [1.82, 2.24) is 10.3 Å². The Morgan fingerprint density at radius 3 is 2.79 bits per heavy atom. The van der Waals surface area contributed by atoms with Gasteiger partial charge in [0, 0.05) is 6.54 Å². The highest BCUT2D eigenvalue weighted by atomic mass is 16.4. The molecule has 0 spiro atoms. The number of nitrogens with zero attached hydrogens (tertiary/aromatic N) is 1. The summed E-state index contributed by atoms with van der Waals surface area (Å²) in [6, 6.07) is 16.2. The van der Waals surface area contributed by atoms with Gasteiger partial charge in [-0.15, -0.1) is 0 Å². The Labute approximate surface area is 137 Å². The zero-order chi connectivity index (χ0) is 16.9. The maximum absolute atomic E-state index is 12.1. The molecule has 3 rings (SSSR count). The molecule has 0 radical (unpaired) electrons. The van der Waals surface area contributed by atoms with Crippen molar-refractivity contribution in [3.05, 3.63) is 75.8 Å². The van der Waals surface area contributed by atoms with Crippen LogP contribution in [0.2, 0.25) is 0 Å². The van der Waals surface area contributed by atoms with Gasteiger partial charge in [0.1, 0.15) is 11.6 Å². The normalized spacial score (nSPS) is 11.2. The summed E-state index contributed by atoms with van der Waals surface area (Å²) in [4.78, 5) is 25.8. The summed E-state index contributed by atoms with van der Waals surface area (Å²) in [6.07, 6.45) is 1.46. The van der Waals surface area contributed by atoms with Gasteiger partial charge in [0.15, 0.2) is 5.58 Å². The van der Waals surface area contributed by atoms with Crippen LogP contribution in [0.25, 0.3) is 17.2 Å². The van der Waals surface area contributed by atoms with E-state index in [9.17, 15) is 14.9 Å². The van der Waals surface area contributed by atoms with Gasteiger partial charge in [-0.2, -0.15) is 5.26 Å². The van der Waals surface area contributed by atoms with Crippen LogP contribution in [0.15, 0.2) is 63.3 Å². The van der Waals surface area contributed by atoms with E-state index in [4.69, 9.17) is 4.42 Å². The van der Waals surface area contributed by atoms with Gasteiger partial charge in [-0.1, -0.05) is 36.4 Å². The summed E-state index contributed by atoms with van der Waals surface area (Å²) in [6.45, 7) is 0.340. The predicted molar refractivity (Wildman–Crippen MR) is 88.7 cm³/mol. The summed E-state index contributed by atoms with van der Waals surface area (Å²) < 4.78 is 4.91. The Hall–Kier alpha value is -3.59. The molecule has 24 heavy (non-hydrogen) atoms. The van der Waals surface area contributed by atoms with Crippen molar-refractivity contribution in [3.63, 3.8) is 0 Å². The van der Waals surface area contributed by atoms with Gasteiger partial charge in [0.05, 0.1) is 5.52 Å². The van der Waals surface area contributed by atoms with E-state index >= 15 is 0 Å². The summed E-state index contributed by atoms with van der Waals surface area (Å²) in [5.74, 6) is -1.01. The molecule has 2 N–H and O–H groups in total. The minimum atomic E-state index is -0.549. The van der Waals surface area contributed by atoms with Crippen LogP contribution >= 0.6 is 0 Å². The van der Waals surface area contributed by atoms with Gasteiger partial charge >= 0.3 is 5.76 Å². The van der Waals surface area contributed by atoms with Crippen molar-refractivity contribution < 1.29 is 9.21 Å². The fraction of sp³-hybridized carbons (Fsp3) is 0.0556. The smallest absolute Gasteiger partial charge is 0.408 e. The molecule has 6 heteroatoms. The lowest BCUT2D eigenvalue weighted by molar-refractivity contribution is -0.117. The largest absolute Gasteiger partial charge is 0.417 e. The lowest BCUT2D eigenvalue weighted by Crippen LogP contribution is -2.23. The molecule has 0 aliphatic rings. The number of carbonyl (C=O) groups is 1. The van der Waals surface area contributed by atoms with Crippen molar-refractivity contribution in [2.24, 2.45) is 0 Å². The first kappa shape index (κ1) is 15.3. The number of fused-ring (bicyclic) bond motifs is 1. The standard InChI is InChI=1S/C18H13N3O3/c19-10-14(17(22)20-11-12-4-2-1-3-5-12)8-13-6-7-16-15(9-13)21-18(23)24-16/h1-9H,11H2,(H,20,22)(H,21,23)/b14-8+. The molecule has 6 nitrogen and oxygen atoms in total. The number of hydrogen-bond donors (Lipinski definition) is 2. The number of carbonyl (C=O) groups excluding carboxylic acids is 1. The topological polar surface area (TPSA) is 98.9 Å². The maximum Gasteiger partial charge on any atom is 0.417 e. The zero-order valence-electron chi connectivity index (χ0n) is 12.6. The first-order valence-electron chi connectivity index (χ1n) is 7.22. The van der Waals surface area contributed by atoms with Gasteiger partial charge < -0.3 is 9.73 Å². The minimum Gasteiger partial charge on any atom is -0.408 e.